The van der Waals surface area contributed by atoms with E-state index in [9.17, 15) is 0 Å². The second kappa shape index (κ2) is 11.4. The van der Waals surface area contributed by atoms with E-state index < -0.39 is 0 Å². The van der Waals surface area contributed by atoms with Crippen LogP contribution in [0.15, 0.2) is 42.5 Å². The Bertz CT molecular complexity index is 816. The van der Waals surface area contributed by atoms with Crippen molar-refractivity contribution in [3.63, 3.8) is 0 Å². The maximum absolute atomic E-state index is 5.86. The Labute approximate surface area is 187 Å². The van der Waals surface area contributed by atoms with Crippen molar-refractivity contribution in [1.82, 2.24) is 9.80 Å². The van der Waals surface area contributed by atoms with Crippen LogP contribution in [-0.2, 0) is 17.7 Å². The summed E-state index contributed by atoms with van der Waals surface area (Å²) in [4.78, 5) is 4.79. The van der Waals surface area contributed by atoms with Gasteiger partial charge in [-0.2, -0.15) is 0 Å². The maximum Gasteiger partial charge on any atom is 0.173 e. The number of rotatable bonds is 8. The molecule has 2 aromatic rings. The third-order valence-electron chi connectivity index (χ3n) is 5.94. The highest BCUT2D eigenvalue weighted by Gasteiger charge is 2.14. The summed E-state index contributed by atoms with van der Waals surface area (Å²) in [6.45, 7) is 13.1. The summed E-state index contributed by atoms with van der Waals surface area (Å²) in [7, 11) is 0. The summed E-state index contributed by atoms with van der Waals surface area (Å²) in [5.74, 6) is 0. The van der Waals surface area contributed by atoms with E-state index in [4.69, 9.17) is 17.0 Å². The van der Waals surface area contributed by atoms with Crippen molar-refractivity contribution in [3.05, 3.63) is 64.7 Å². The second-order valence-corrected chi connectivity index (χ2v) is 8.46. The average molecular weight is 426 g/mol. The number of ether oxygens (including phenoxy) is 1. The van der Waals surface area contributed by atoms with Crippen LogP contribution in [-0.4, -0.2) is 54.3 Å². The van der Waals surface area contributed by atoms with E-state index in [2.05, 4.69) is 78.4 Å². The Morgan fingerprint density at radius 2 is 1.77 bits per heavy atom. The Morgan fingerprint density at radius 1 is 1.07 bits per heavy atom. The molecule has 2 aromatic carbocycles. The number of hydrogen-bond acceptors (Lipinski definition) is 3. The quantitative estimate of drug-likeness (QED) is 0.614. The second-order valence-electron chi connectivity index (χ2n) is 8.08. The summed E-state index contributed by atoms with van der Waals surface area (Å²) < 4.78 is 5.47. The van der Waals surface area contributed by atoms with Crippen molar-refractivity contribution < 1.29 is 4.74 Å². The predicted molar refractivity (Wildman–Crippen MR) is 130 cm³/mol. The van der Waals surface area contributed by atoms with Crippen LogP contribution in [0.5, 0.6) is 0 Å². The van der Waals surface area contributed by atoms with Gasteiger partial charge in [0.2, 0.25) is 0 Å². The van der Waals surface area contributed by atoms with Crippen molar-refractivity contribution >= 4 is 23.0 Å². The summed E-state index contributed by atoms with van der Waals surface area (Å²) >= 11 is 5.86. The SMILES string of the molecule is CCc1ccc(CN(CCCN2CCOCC2)C(=S)Nc2cccc(C)c2C)cc1. The van der Waals surface area contributed by atoms with Gasteiger partial charge in [0.05, 0.1) is 13.2 Å². The van der Waals surface area contributed by atoms with Crippen molar-refractivity contribution in [2.75, 3.05) is 44.7 Å². The molecule has 0 spiro atoms. The normalized spacial score (nSPS) is 14.5. The number of nitrogens with one attached hydrogen (secondary N) is 1. The molecule has 3 rings (SSSR count). The fraction of sp³-hybridized carbons (Fsp3) is 0.480. The zero-order valence-electron chi connectivity index (χ0n) is 18.6. The molecule has 0 aliphatic carbocycles. The molecule has 0 amide bonds. The van der Waals surface area contributed by atoms with Gasteiger partial charge in [-0.05, 0) is 67.2 Å². The van der Waals surface area contributed by atoms with Gasteiger partial charge in [-0.15, -0.1) is 0 Å². The van der Waals surface area contributed by atoms with Gasteiger partial charge in [0.25, 0.3) is 0 Å². The summed E-state index contributed by atoms with van der Waals surface area (Å²) in [5.41, 5.74) is 6.29. The average Bonchev–Trinajstić information content (AvgIpc) is 2.77. The molecule has 1 aliphatic heterocycles. The van der Waals surface area contributed by atoms with Crippen molar-refractivity contribution in [2.24, 2.45) is 0 Å². The zero-order valence-corrected chi connectivity index (χ0v) is 19.4. The molecule has 162 valence electrons. The molecule has 0 unspecified atom stereocenters. The first-order chi connectivity index (χ1) is 14.6. The highest BCUT2D eigenvalue weighted by molar-refractivity contribution is 7.80. The predicted octanol–water partition coefficient (Wildman–Crippen LogP) is 4.79. The largest absolute Gasteiger partial charge is 0.379 e. The Hall–Kier alpha value is -1.95. The maximum atomic E-state index is 5.86. The lowest BCUT2D eigenvalue weighted by Crippen LogP contribution is -2.40. The van der Waals surface area contributed by atoms with Crippen molar-refractivity contribution in [2.45, 2.75) is 40.2 Å². The first-order valence-electron chi connectivity index (χ1n) is 11.1. The van der Waals surface area contributed by atoms with E-state index in [0.717, 1.165) is 69.6 Å². The Morgan fingerprint density at radius 3 is 2.47 bits per heavy atom. The number of aryl methyl sites for hydroxylation is 2. The number of anilines is 1. The van der Waals surface area contributed by atoms with E-state index in [1.807, 2.05) is 0 Å². The minimum Gasteiger partial charge on any atom is -0.379 e. The number of morpholine rings is 1. The number of benzene rings is 2. The number of thiocarbonyl (C=S) groups is 1. The molecule has 5 heteroatoms. The Balaban J connectivity index is 1.66. The first-order valence-corrected chi connectivity index (χ1v) is 11.5. The highest BCUT2D eigenvalue weighted by Crippen LogP contribution is 2.19. The lowest BCUT2D eigenvalue weighted by Gasteiger charge is -2.30. The summed E-state index contributed by atoms with van der Waals surface area (Å²) in [5, 5.41) is 4.30. The van der Waals surface area contributed by atoms with Gasteiger partial charge >= 0.3 is 0 Å². The van der Waals surface area contributed by atoms with E-state index in [1.54, 1.807) is 0 Å². The minimum absolute atomic E-state index is 0.797. The van der Waals surface area contributed by atoms with Crippen molar-refractivity contribution in [3.8, 4) is 0 Å². The molecular weight excluding hydrogens is 390 g/mol. The number of hydrogen-bond donors (Lipinski definition) is 1. The molecule has 0 aromatic heterocycles. The van der Waals surface area contributed by atoms with Crippen LogP contribution < -0.4 is 5.32 Å². The van der Waals surface area contributed by atoms with Gasteiger partial charge < -0.3 is 15.0 Å². The van der Waals surface area contributed by atoms with Crippen molar-refractivity contribution in [1.29, 1.82) is 0 Å². The standard InChI is InChI=1S/C25H35N3OS/c1-4-22-9-11-23(12-10-22)19-28(14-6-13-27-15-17-29-18-16-27)25(30)26-24-8-5-7-20(2)21(24)3/h5,7-12H,4,6,13-19H2,1-3H3,(H,26,30). The Kier molecular flexibility index (Phi) is 8.67. The molecule has 0 bridgehead atoms. The third-order valence-corrected chi connectivity index (χ3v) is 6.30. The van der Waals surface area contributed by atoms with Crippen LogP contribution in [0.2, 0.25) is 0 Å². The monoisotopic (exact) mass is 425 g/mol. The van der Waals surface area contributed by atoms with Gasteiger partial charge in [0, 0.05) is 38.4 Å². The molecular formula is C25H35N3OS. The first kappa shape index (κ1) is 22.7. The van der Waals surface area contributed by atoms with Gasteiger partial charge in [0.1, 0.15) is 0 Å². The van der Waals surface area contributed by atoms with E-state index in [1.165, 1.54) is 22.3 Å². The fourth-order valence-electron chi connectivity index (χ4n) is 3.74. The van der Waals surface area contributed by atoms with Crippen LogP contribution in [0, 0.1) is 13.8 Å². The van der Waals surface area contributed by atoms with Crippen LogP contribution in [0.4, 0.5) is 5.69 Å². The fourth-order valence-corrected chi connectivity index (χ4v) is 4.01. The molecule has 0 saturated carbocycles. The molecule has 1 saturated heterocycles. The van der Waals surface area contributed by atoms with E-state index in [0.29, 0.717) is 0 Å². The topological polar surface area (TPSA) is 27.7 Å². The lowest BCUT2D eigenvalue weighted by molar-refractivity contribution is 0.0368. The molecule has 4 nitrogen and oxygen atoms in total. The molecule has 0 radical (unpaired) electrons. The van der Waals surface area contributed by atoms with Crippen LogP contribution in [0.1, 0.15) is 35.6 Å². The van der Waals surface area contributed by atoms with Gasteiger partial charge in [-0.1, -0.05) is 43.3 Å². The summed E-state index contributed by atoms with van der Waals surface area (Å²) in [6, 6.07) is 15.2. The molecule has 1 N–H and O–H groups in total. The van der Waals surface area contributed by atoms with Crippen LogP contribution >= 0.6 is 12.2 Å². The van der Waals surface area contributed by atoms with E-state index >= 15 is 0 Å². The minimum atomic E-state index is 0.797. The molecule has 1 aliphatic rings. The van der Waals surface area contributed by atoms with E-state index in [-0.39, 0.29) is 0 Å². The summed E-state index contributed by atoms with van der Waals surface area (Å²) in [6.07, 6.45) is 2.15. The van der Waals surface area contributed by atoms with Crippen LogP contribution in [0.3, 0.4) is 0 Å². The third kappa shape index (κ3) is 6.53. The molecule has 0 atom stereocenters. The van der Waals surface area contributed by atoms with Crippen LogP contribution in [0.25, 0.3) is 0 Å². The zero-order chi connectivity index (χ0) is 21.3. The number of nitrogens with zero attached hydrogens (tertiary/aromatic N) is 2. The molecule has 1 fully saturated rings. The lowest BCUT2D eigenvalue weighted by atomic mass is 10.1. The highest BCUT2D eigenvalue weighted by atomic mass is 32.1. The molecule has 1 heterocycles. The smallest absolute Gasteiger partial charge is 0.173 e. The van der Waals surface area contributed by atoms with Gasteiger partial charge in [-0.3, -0.25) is 4.90 Å². The van der Waals surface area contributed by atoms with Gasteiger partial charge in [0.15, 0.2) is 5.11 Å². The molecule has 30 heavy (non-hydrogen) atoms. The van der Waals surface area contributed by atoms with Gasteiger partial charge in [-0.25, -0.2) is 0 Å².